The Morgan fingerprint density at radius 1 is 1.00 bits per heavy atom. The van der Waals surface area contributed by atoms with Gasteiger partial charge < -0.3 is 15.2 Å². The fourth-order valence-electron chi connectivity index (χ4n) is 3.74. The molecule has 1 saturated heterocycles. The quantitative estimate of drug-likeness (QED) is 0.520. The van der Waals surface area contributed by atoms with E-state index in [4.69, 9.17) is 5.14 Å². The van der Waals surface area contributed by atoms with Gasteiger partial charge in [-0.1, -0.05) is 18.2 Å². The number of primary sulfonamides is 1. The molecule has 1 fully saturated rings. The van der Waals surface area contributed by atoms with Gasteiger partial charge in [0.15, 0.2) is 0 Å². The molecule has 0 aliphatic carbocycles. The van der Waals surface area contributed by atoms with Gasteiger partial charge in [-0.05, 0) is 36.4 Å². The van der Waals surface area contributed by atoms with E-state index in [0.29, 0.717) is 50.5 Å². The normalized spacial score (nSPS) is 15.1. The number of aromatic nitrogens is 1. The topological polar surface area (TPSA) is 129 Å². The largest absolute Gasteiger partial charge is 0.351 e. The van der Waals surface area contributed by atoms with Gasteiger partial charge in [-0.2, -0.15) is 0 Å². The van der Waals surface area contributed by atoms with Gasteiger partial charge in [0.25, 0.3) is 5.91 Å². The van der Waals surface area contributed by atoms with E-state index < -0.39 is 10.0 Å². The molecular weight excluding hydrogens is 430 g/mol. The minimum Gasteiger partial charge on any atom is -0.351 e. The van der Waals surface area contributed by atoms with Crippen LogP contribution in [0.15, 0.2) is 59.5 Å². The molecule has 0 unspecified atom stereocenters. The van der Waals surface area contributed by atoms with Crippen molar-refractivity contribution in [3.8, 4) is 0 Å². The van der Waals surface area contributed by atoms with Crippen molar-refractivity contribution in [3.63, 3.8) is 0 Å². The summed E-state index contributed by atoms with van der Waals surface area (Å²) in [5.41, 5.74) is 2.04. The molecule has 0 bridgehead atoms. The summed E-state index contributed by atoms with van der Waals surface area (Å²) in [4.78, 5) is 32.2. The number of nitrogens with zero attached hydrogens (tertiary/aromatic N) is 2. The van der Waals surface area contributed by atoms with Crippen LogP contribution in [0.2, 0.25) is 0 Å². The Bertz CT molecular complexity index is 1200. The Hall–Kier alpha value is -3.21. The predicted molar refractivity (Wildman–Crippen MR) is 122 cm³/mol. The Labute approximate surface area is 186 Å². The van der Waals surface area contributed by atoms with Crippen molar-refractivity contribution in [3.05, 3.63) is 60.3 Å². The third-order valence-corrected chi connectivity index (χ3v) is 6.47. The van der Waals surface area contributed by atoms with E-state index in [-0.39, 0.29) is 16.7 Å². The van der Waals surface area contributed by atoms with Gasteiger partial charge >= 0.3 is 0 Å². The number of hydrogen-bond acceptors (Lipinski definition) is 5. The number of hydrogen-bond donors (Lipinski definition) is 3. The molecule has 2 heterocycles. The number of amides is 2. The Kier molecular flexibility index (Phi) is 6.26. The molecule has 3 aromatic rings. The number of anilines is 1. The van der Waals surface area contributed by atoms with Gasteiger partial charge in [0.1, 0.15) is 5.69 Å². The zero-order valence-electron chi connectivity index (χ0n) is 17.5. The zero-order chi connectivity index (χ0) is 22.7. The number of nitrogens with one attached hydrogen (secondary N) is 2. The molecular formula is C22H25N5O4S. The molecule has 1 aliphatic heterocycles. The van der Waals surface area contributed by atoms with Crippen LogP contribution in [-0.2, 0) is 14.8 Å². The van der Waals surface area contributed by atoms with Crippen molar-refractivity contribution in [2.75, 3.05) is 38.0 Å². The number of nitrogens with two attached hydrogens (primary N) is 1. The second kappa shape index (κ2) is 9.11. The van der Waals surface area contributed by atoms with Crippen LogP contribution >= 0.6 is 0 Å². The van der Waals surface area contributed by atoms with E-state index in [2.05, 4.69) is 15.2 Å². The van der Waals surface area contributed by atoms with Crippen LogP contribution in [0, 0.1) is 0 Å². The minimum atomic E-state index is -3.76. The molecule has 1 aliphatic rings. The molecule has 0 atom stereocenters. The molecule has 4 N–H and O–H groups in total. The Morgan fingerprint density at radius 3 is 2.34 bits per heavy atom. The molecule has 2 amide bonds. The summed E-state index contributed by atoms with van der Waals surface area (Å²) < 4.78 is 22.6. The molecule has 168 valence electrons. The highest BCUT2D eigenvalue weighted by Gasteiger charge is 2.23. The first-order valence-corrected chi connectivity index (χ1v) is 11.9. The van der Waals surface area contributed by atoms with Crippen molar-refractivity contribution >= 4 is 38.4 Å². The highest BCUT2D eigenvalue weighted by molar-refractivity contribution is 7.89. The number of benzene rings is 2. The van der Waals surface area contributed by atoms with E-state index in [9.17, 15) is 18.0 Å². The van der Waals surface area contributed by atoms with Crippen molar-refractivity contribution in [2.45, 2.75) is 11.3 Å². The SMILES string of the molecule is NS(=O)(=O)c1ccc(NC(=O)CCN2CCN(C(=O)c3cc4ccccc4[nH]3)CC2)cc1. The summed E-state index contributed by atoms with van der Waals surface area (Å²) in [6.45, 7) is 3.18. The van der Waals surface area contributed by atoms with E-state index >= 15 is 0 Å². The summed E-state index contributed by atoms with van der Waals surface area (Å²) in [6.07, 6.45) is 0.299. The van der Waals surface area contributed by atoms with Crippen LogP contribution in [0.5, 0.6) is 0 Å². The van der Waals surface area contributed by atoms with Gasteiger partial charge in [0, 0.05) is 55.7 Å². The maximum atomic E-state index is 12.8. The van der Waals surface area contributed by atoms with Gasteiger partial charge in [-0.15, -0.1) is 0 Å². The van der Waals surface area contributed by atoms with Gasteiger partial charge in [-0.3, -0.25) is 14.5 Å². The smallest absolute Gasteiger partial charge is 0.270 e. The van der Waals surface area contributed by atoms with Crippen LogP contribution in [0.4, 0.5) is 5.69 Å². The van der Waals surface area contributed by atoms with Crippen LogP contribution < -0.4 is 10.5 Å². The molecule has 0 radical (unpaired) electrons. The van der Waals surface area contributed by atoms with Crippen molar-refractivity contribution in [1.29, 1.82) is 0 Å². The number of H-pyrrole nitrogens is 1. The highest BCUT2D eigenvalue weighted by Crippen LogP contribution is 2.17. The highest BCUT2D eigenvalue weighted by atomic mass is 32.2. The second-order valence-electron chi connectivity index (χ2n) is 7.77. The van der Waals surface area contributed by atoms with Crippen molar-refractivity contribution < 1.29 is 18.0 Å². The fourth-order valence-corrected chi connectivity index (χ4v) is 4.26. The number of piperazine rings is 1. The Balaban J connectivity index is 1.23. The average Bonchev–Trinajstić information content (AvgIpc) is 3.22. The van der Waals surface area contributed by atoms with Crippen LogP contribution in [0.1, 0.15) is 16.9 Å². The van der Waals surface area contributed by atoms with Crippen molar-refractivity contribution in [2.24, 2.45) is 5.14 Å². The number of sulfonamides is 1. The monoisotopic (exact) mass is 455 g/mol. The molecule has 9 nitrogen and oxygen atoms in total. The maximum absolute atomic E-state index is 12.8. The van der Waals surface area contributed by atoms with Crippen molar-refractivity contribution in [1.82, 2.24) is 14.8 Å². The molecule has 0 spiro atoms. The number of fused-ring (bicyclic) bond motifs is 1. The zero-order valence-corrected chi connectivity index (χ0v) is 18.3. The number of aromatic amines is 1. The molecule has 0 saturated carbocycles. The van der Waals surface area contributed by atoms with Crippen LogP contribution in [0.3, 0.4) is 0 Å². The lowest BCUT2D eigenvalue weighted by Gasteiger charge is -2.34. The summed E-state index contributed by atoms with van der Waals surface area (Å²) in [6, 6.07) is 15.4. The van der Waals surface area contributed by atoms with Gasteiger partial charge in [0.05, 0.1) is 4.90 Å². The summed E-state index contributed by atoms with van der Waals surface area (Å²) >= 11 is 0. The number of carbonyl (C=O) groups excluding carboxylic acids is 2. The number of para-hydroxylation sites is 1. The third kappa shape index (κ3) is 5.16. The van der Waals surface area contributed by atoms with Gasteiger partial charge in [-0.25, -0.2) is 13.6 Å². The average molecular weight is 456 g/mol. The second-order valence-corrected chi connectivity index (χ2v) is 9.33. The van der Waals surface area contributed by atoms with E-state index in [0.717, 1.165) is 10.9 Å². The van der Waals surface area contributed by atoms with E-state index in [1.165, 1.54) is 24.3 Å². The Morgan fingerprint density at radius 2 is 1.69 bits per heavy atom. The fraction of sp³-hybridized carbons (Fsp3) is 0.273. The number of carbonyl (C=O) groups is 2. The molecule has 2 aromatic carbocycles. The number of rotatable bonds is 6. The van der Waals surface area contributed by atoms with E-state index in [1.807, 2.05) is 35.2 Å². The third-order valence-electron chi connectivity index (χ3n) is 5.54. The van der Waals surface area contributed by atoms with E-state index in [1.54, 1.807) is 0 Å². The van der Waals surface area contributed by atoms with Crippen LogP contribution in [0.25, 0.3) is 10.9 Å². The first kappa shape index (κ1) is 22.0. The minimum absolute atomic E-state index is 0.00429. The predicted octanol–water partition coefficient (Wildman–Crippen LogP) is 1.60. The van der Waals surface area contributed by atoms with Gasteiger partial charge in [0.2, 0.25) is 15.9 Å². The standard InChI is InChI=1S/C22H25N5O4S/c23-32(30,31)18-7-5-17(6-8-18)24-21(28)9-10-26-11-13-27(14-12-26)22(29)20-15-16-3-1-2-4-19(16)25-20/h1-8,15,25H,9-14H2,(H,24,28)(H2,23,30,31). The lowest BCUT2D eigenvalue weighted by atomic mass is 10.2. The summed E-state index contributed by atoms with van der Waals surface area (Å²) in [5, 5.41) is 8.84. The first-order valence-electron chi connectivity index (χ1n) is 10.3. The maximum Gasteiger partial charge on any atom is 0.270 e. The lowest BCUT2D eigenvalue weighted by Crippen LogP contribution is -2.49. The molecule has 1 aromatic heterocycles. The summed E-state index contributed by atoms with van der Waals surface area (Å²) in [5.74, 6) is -0.175. The van der Waals surface area contributed by atoms with Crippen LogP contribution in [-0.4, -0.2) is 67.7 Å². The molecule has 4 rings (SSSR count). The lowest BCUT2D eigenvalue weighted by molar-refractivity contribution is -0.116. The summed E-state index contributed by atoms with van der Waals surface area (Å²) in [7, 11) is -3.76. The first-order chi connectivity index (χ1) is 15.3. The molecule has 32 heavy (non-hydrogen) atoms. The molecule has 10 heteroatoms.